The van der Waals surface area contributed by atoms with Crippen molar-refractivity contribution in [3.63, 3.8) is 0 Å². The molecule has 15 heteroatoms. The second kappa shape index (κ2) is 14.1. The molecule has 3 aromatic carbocycles. The Morgan fingerprint density at radius 3 is 2.00 bits per heavy atom. The Morgan fingerprint density at radius 1 is 0.800 bits per heavy atom. The highest BCUT2D eigenvalue weighted by Crippen LogP contribution is 2.58. The number of carbonyl (C=O) groups excluding carboxylic acids is 1. The molecule has 1 N–H and O–H groups in total. The minimum atomic E-state index is -4.94. The summed E-state index contributed by atoms with van der Waals surface area (Å²) in [5.41, 5.74) is 0.804. The van der Waals surface area contributed by atoms with Gasteiger partial charge in [0.15, 0.2) is 23.5 Å². The van der Waals surface area contributed by atoms with E-state index in [0.29, 0.717) is 47.0 Å². The van der Waals surface area contributed by atoms with E-state index < -0.39 is 73.9 Å². The first-order valence-electron chi connectivity index (χ1n) is 18.8. The van der Waals surface area contributed by atoms with Crippen LogP contribution in [0.4, 0.5) is 0 Å². The lowest BCUT2D eigenvalue weighted by atomic mass is 9.77. The summed E-state index contributed by atoms with van der Waals surface area (Å²) in [5, 5.41) is 0. The van der Waals surface area contributed by atoms with E-state index in [1.807, 2.05) is 31.2 Å². The largest absolute Gasteiger partial charge is 0.527 e. The first-order valence-corrected chi connectivity index (χ1v) is 20.2. The second-order valence-electron chi connectivity index (χ2n) is 15.1. The van der Waals surface area contributed by atoms with Crippen molar-refractivity contribution in [1.29, 1.82) is 0 Å². The number of carbonyl (C=O) groups is 1. The van der Waals surface area contributed by atoms with Crippen LogP contribution in [0.3, 0.4) is 0 Å². The molecule has 1 aliphatic carbocycles. The summed E-state index contributed by atoms with van der Waals surface area (Å²) < 4.78 is 81.5. The molecule has 0 aromatic heterocycles. The van der Waals surface area contributed by atoms with Gasteiger partial charge in [-0.2, -0.15) is 0 Å². The van der Waals surface area contributed by atoms with E-state index in [2.05, 4.69) is 6.92 Å². The van der Waals surface area contributed by atoms with Gasteiger partial charge in [0.2, 0.25) is 0 Å². The summed E-state index contributed by atoms with van der Waals surface area (Å²) in [4.78, 5) is 24.7. The zero-order valence-corrected chi connectivity index (χ0v) is 32.7. The zero-order valence-electron chi connectivity index (χ0n) is 31.8. The van der Waals surface area contributed by atoms with Gasteiger partial charge in [-0.15, -0.1) is 0 Å². The molecule has 296 valence electrons. The SMILES string of the molecule is CCCCOc1ccc2c(c1)Oc1cc(OP(=O)(O)OC3C4OC(C)(C)O[C@H]4C(OC(C)OCC)C4OC(C)(C)O[C@H]43)ccc1C21OC(=O)c2ccccc21. The molecule has 2 saturated heterocycles. The minimum absolute atomic E-state index is 0.0420. The average Bonchev–Trinajstić information content (AvgIpc) is 3.73. The maximum Gasteiger partial charge on any atom is 0.527 e. The molecule has 3 aromatic rings. The molecule has 0 amide bonds. The van der Waals surface area contributed by atoms with Gasteiger partial charge in [0.05, 0.1) is 12.2 Å². The Bertz CT molecular complexity index is 1970. The molecule has 4 aliphatic heterocycles. The number of hydrogen-bond acceptors (Lipinski definition) is 13. The Morgan fingerprint density at radius 2 is 1.38 bits per heavy atom. The fourth-order valence-electron chi connectivity index (χ4n) is 8.22. The number of phosphoric ester groups is 1. The van der Waals surface area contributed by atoms with Crippen molar-refractivity contribution >= 4 is 13.8 Å². The van der Waals surface area contributed by atoms with Gasteiger partial charge in [-0.05, 0) is 78.3 Å². The van der Waals surface area contributed by atoms with Gasteiger partial charge in [-0.3, -0.25) is 9.42 Å². The molecular formula is C40H47O14P. The molecule has 14 nitrogen and oxygen atoms in total. The molecule has 8 rings (SSSR count). The summed E-state index contributed by atoms with van der Waals surface area (Å²) in [6.45, 7) is 13.6. The molecule has 55 heavy (non-hydrogen) atoms. The van der Waals surface area contributed by atoms with Crippen LogP contribution in [-0.2, 0) is 47.8 Å². The van der Waals surface area contributed by atoms with E-state index >= 15 is 0 Å². The van der Waals surface area contributed by atoms with Crippen LogP contribution >= 0.6 is 7.82 Å². The highest BCUT2D eigenvalue weighted by molar-refractivity contribution is 7.47. The van der Waals surface area contributed by atoms with Gasteiger partial charge in [0.1, 0.15) is 59.6 Å². The molecule has 3 fully saturated rings. The number of benzene rings is 3. The van der Waals surface area contributed by atoms with Crippen LogP contribution in [0.2, 0.25) is 0 Å². The maximum absolute atomic E-state index is 14.0. The smallest absolute Gasteiger partial charge is 0.493 e. The summed E-state index contributed by atoms with van der Waals surface area (Å²) in [6, 6.07) is 17.2. The van der Waals surface area contributed by atoms with E-state index in [-0.39, 0.29) is 11.5 Å². The van der Waals surface area contributed by atoms with Crippen LogP contribution in [0.15, 0.2) is 60.7 Å². The van der Waals surface area contributed by atoms with Crippen molar-refractivity contribution < 1.29 is 65.9 Å². The number of esters is 1. The third-order valence-electron chi connectivity index (χ3n) is 10.3. The van der Waals surface area contributed by atoms with Gasteiger partial charge >= 0.3 is 13.8 Å². The number of ether oxygens (including phenoxy) is 9. The van der Waals surface area contributed by atoms with Crippen LogP contribution in [0, 0.1) is 0 Å². The molecule has 1 spiro atoms. The zero-order chi connectivity index (χ0) is 38.9. The highest BCUT2D eigenvalue weighted by atomic mass is 31.2. The van der Waals surface area contributed by atoms with Crippen LogP contribution in [0.1, 0.15) is 88.4 Å². The topological polar surface area (TPSA) is 156 Å². The predicted molar refractivity (Wildman–Crippen MR) is 194 cm³/mol. The molecule has 0 bridgehead atoms. The standard InChI is InChI=1S/C40H47O14P/c1-8-10-19-45-23-15-17-27-29(20-23)47-30-21-24(16-18-28(30)40(27)26-14-12-11-13-25(26)37(41)52-40)53-55(42,43)54-36-34-32(48-38(4,5)50-34)31(46-22(3)44-9-2)33-35(36)51-39(6,7)49-33/h11-18,20-22,31-36H,8-10,19H2,1-7H3,(H,42,43)/t22?,31?,32-,33?,34?,35+,36?,40?/m0/s1. The van der Waals surface area contributed by atoms with Crippen molar-refractivity contribution in [2.75, 3.05) is 13.2 Å². The lowest BCUT2D eigenvalue weighted by Crippen LogP contribution is -2.63. The van der Waals surface area contributed by atoms with Crippen LogP contribution in [0.5, 0.6) is 23.0 Å². The number of hydrogen-bond donors (Lipinski definition) is 1. The number of rotatable bonds is 12. The molecule has 5 aliphatic rings. The maximum atomic E-state index is 14.0. The van der Waals surface area contributed by atoms with Crippen molar-refractivity contribution in [2.45, 2.75) is 121 Å². The lowest BCUT2D eigenvalue weighted by molar-refractivity contribution is -0.239. The minimum Gasteiger partial charge on any atom is -0.493 e. The Kier molecular flexibility index (Phi) is 9.84. The van der Waals surface area contributed by atoms with Gasteiger partial charge in [-0.25, -0.2) is 9.36 Å². The first-order chi connectivity index (χ1) is 26.1. The van der Waals surface area contributed by atoms with Crippen LogP contribution in [0.25, 0.3) is 0 Å². The van der Waals surface area contributed by atoms with Gasteiger partial charge in [0, 0.05) is 35.4 Å². The predicted octanol–water partition coefficient (Wildman–Crippen LogP) is 7.12. The quantitative estimate of drug-likeness (QED) is 0.0858. The summed E-state index contributed by atoms with van der Waals surface area (Å²) >= 11 is 0. The normalized spacial score (nSPS) is 30.9. The van der Waals surface area contributed by atoms with Gasteiger partial charge in [-0.1, -0.05) is 31.5 Å². The Labute approximate surface area is 319 Å². The van der Waals surface area contributed by atoms with Gasteiger partial charge in [0.25, 0.3) is 0 Å². The second-order valence-corrected chi connectivity index (χ2v) is 16.4. The summed E-state index contributed by atoms with van der Waals surface area (Å²) in [7, 11) is -4.94. The highest BCUT2D eigenvalue weighted by Gasteiger charge is 2.66. The van der Waals surface area contributed by atoms with Crippen molar-refractivity contribution in [1.82, 2.24) is 0 Å². The third kappa shape index (κ3) is 6.96. The third-order valence-corrected chi connectivity index (χ3v) is 11.2. The molecule has 9 atom stereocenters. The fourth-order valence-corrected chi connectivity index (χ4v) is 9.19. The van der Waals surface area contributed by atoms with E-state index in [9.17, 15) is 14.3 Å². The van der Waals surface area contributed by atoms with Crippen LogP contribution < -0.4 is 14.0 Å². The molecule has 7 unspecified atom stereocenters. The van der Waals surface area contributed by atoms with E-state index in [1.165, 1.54) is 12.1 Å². The fraction of sp³-hybridized carbons (Fsp3) is 0.525. The van der Waals surface area contributed by atoms with Crippen molar-refractivity contribution in [3.8, 4) is 23.0 Å². The number of phosphoric acid groups is 1. The van der Waals surface area contributed by atoms with E-state index in [4.69, 9.17) is 51.7 Å². The van der Waals surface area contributed by atoms with E-state index in [1.54, 1.807) is 58.9 Å². The Hall–Kier alpha value is -3.56. The average molecular weight is 783 g/mol. The van der Waals surface area contributed by atoms with E-state index in [0.717, 1.165) is 12.8 Å². The van der Waals surface area contributed by atoms with Crippen molar-refractivity contribution in [3.05, 3.63) is 82.9 Å². The molecular weight excluding hydrogens is 735 g/mol. The van der Waals surface area contributed by atoms with Crippen LogP contribution in [-0.4, -0.2) is 78.6 Å². The number of unbranched alkanes of at least 4 members (excludes halogenated alkanes) is 1. The van der Waals surface area contributed by atoms with Crippen molar-refractivity contribution in [2.24, 2.45) is 0 Å². The number of fused-ring (bicyclic) bond motifs is 8. The summed E-state index contributed by atoms with van der Waals surface area (Å²) in [5.74, 6) is -1.50. The van der Waals surface area contributed by atoms with Gasteiger partial charge < -0.3 is 47.2 Å². The molecule has 4 heterocycles. The molecule has 0 radical (unpaired) electrons. The lowest BCUT2D eigenvalue weighted by Gasteiger charge is -2.43. The monoisotopic (exact) mass is 782 g/mol. The first kappa shape index (κ1) is 38.3. The summed E-state index contributed by atoms with van der Waals surface area (Å²) in [6.07, 6.45) is -4.05. The molecule has 1 saturated carbocycles. The Balaban J connectivity index is 1.11.